The molecule has 35 heavy (non-hydrogen) atoms. The van der Waals surface area contributed by atoms with Gasteiger partial charge in [-0.25, -0.2) is 9.97 Å². The second-order valence-corrected chi connectivity index (χ2v) is 9.99. The van der Waals surface area contributed by atoms with Crippen molar-refractivity contribution in [2.24, 2.45) is 0 Å². The predicted molar refractivity (Wildman–Crippen MR) is 142 cm³/mol. The summed E-state index contributed by atoms with van der Waals surface area (Å²) in [5.74, 6) is 0.201. The third kappa shape index (κ3) is 7.20. The minimum atomic E-state index is -0.325. The van der Waals surface area contributed by atoms with Crippen LogP contribution in [0.3, 0.4) is 0 Å². The molecule has 0 radical (unpaired) electrons. The van der Waals surface area contributed by atoms with Crippen LogP contribution in [0.1, 0.15) is 37.1 Å². The molecule has 1 aliphatic rings. The van der Waals surface area contributed by atoms with E-state index >= 15 is 0 Å². The van der Waals surface area contributed by atoms with Crippen molar-refractivity contribution in [2.75, 3.05) is 12.4 Å². The zero-order valence-corrected chi connectivity index (χ0v) is 21.1. The number of aromatic nitrogens is 3. The average Bonchev–Trinajstić information content (AvgIpc) is 3.43. The molecule has 10 heteroatoms. The van der Waals surface area contributed by atoms with E-state index in [-0.39, 0.29) is 16.9 Å². The lowest BCUT2D eigenvalue weighted by Gasteiger charge is -2.29. The molecule has 0 aromatic carbocycles. The lowest BCUT2D eigenvalue weighted by atomic mass is 9.91. The van der Waals surface area contributed by atoms with Gasteiger partial charge in [-0.3, -0.25) is 14.6 Å². The quantitative estimate of drug-likeness (QED) is 0.277. The van der Waals surface area contributed by atoms with E-state index in [4.69, 9.17) is 4.98 Å². The van der Waals surface area contributed by atoms with Crippen molar-refractivity contribution < 1.29 is 9.59 Å². The zero-order valence-electron chi connectivity index (χ0n) is 19.4. The molecule has 4 rings (SSSR count). The Labute approximate surface area is 213 Å². The highest BCUT2D eigenvalue weighted by molar-refractivity contribution is 8.16. The van der Waals surface area contributed by atoms with Gasteiger partial charge in [0, 0.05) is 31.9 Å². The summed E-state index contributed by atoms with van der Waals surface area (Å²) in [7, 11) is 1.53. The topological polar surface area (TPSA) is 109 Å². The van der Waals surface area contributed by atoms with E-state index < -0.39 is 0 Å². The molecule has 182 valence electrons. The fourth-order valence-electron chi connectivity index (χ4n) is 4.00. The van der Waals surface area contributed by atoms with E-state index in [2.05, 4.69) is 55.6 Å². The fourth-order valence-corrected chi connectivity index (χ4v) is 5.19. The van der Waals surface area contributed by atoms with E-state index in [0.29, 0.717) is 23.3 Å². The van der Waals surface area contributed by atoms with Gasteiger partial charge in [-0.2, -0.15) is 0 Å². The number of carbonyl (C=O) groups is 2. The van der Waals surface area contributed by atoms with Gasteiger partial charge in [-0.1, -0.05) is 12.1 Å². The minimum absolute atomic E-state index is 0.286. The lowest BCUT2D eigenvalue weighted by molar-refractivity contribution is -0.116. The molecule has 0 spiro atoms. The predicted octanol–water partition coefficient (Wildman–Crippen LogP) is 4.12. The number of thiophene rings is 1. The number of likely N-dealkylation sites (N-methyl/N-ethyl adjacent to an activating group) is 1. The summed E-state index contributed by atoms with van der Waals surface area (Å²) in [5.41, 5.74) is 3.28. The molecule has 3 aromatic rings. The molecule has 3 N–H and O–H groups in total. The molecule has 0 unspecified atom stereocenters. The van der Waals surface area contributed by atoms with Crippen LogP contribution in [-0.4, -0.2) is 45.6 Å². The summed E-state index contributed by atoms with van der Waals surface area (Å²) in [6, 6.07) is 12.8. The van der Waals surface area contributed by atoms with Crippen molar-refractivity contribution >= 4 is 46.6 Å². The number of amides is 1. The van der Waals surface area contributed by atoms with E-state index in [1.807, 2.05) is 6.07 Å². The smallest absolute Gasteiger partial charge is 0.257 e. The number of anilines is 1. The maximum absolute atomic E-state index is 11.9. The maximum atomic E-state index is 11.9. The molecule has 3 aromatic heterocycles. The normalized spacial score (nSPS) is 18.1. The Balaban J connectivity index is 1.27. The fraction of sp³-hybridized carbons (Fsp3) is 0.320. The third-order valence-corrected chi connectivity index (χ3v) is 7.34. The maximum Gasteiger partial charge on any atom is 0.257 e. The van der Waals surface area contributed by atoms with Crippen LogP contribution in [0, 0.1) is 0 Å². The van der Waals surface area contributed by atoms with E-state index in [9.17, 15) is 9.59 Å². The van der Waals surface area contributed by atoms with Gasteiger partial charge >= 0.3 is 0 Å². The van der Waals surface area contributed by atoms with Gasteiger partial charge in [0.05, 0.1) is 26.9 Å². The van der Waals surface area contributed by atoms with Gasteiger partial charge < -0.3 is 16.0 Å². The number of pyridine rings is 1. The van der Waals surface area contributed by atoms with Crippen molar-refractivity contribution in [3.05, 3.63) is 64.3 Å². The number of carbonyl (C=O) groups excluding carboxylic acids is 2. The molecule has 0 aliphatic heterocycles. The highest BCUT2D eigenvalue weighted by Crippen LogP contribution is 2.24. The zero-order chi connectivity index (χ0) is 24.5. The molecule has 1 fully saturated rings. The van der Waals surface area contributed by atoms with Crippen LogP contribution in [0.15, 0.2) is 52.9 Å². The molecule has 1 amide bonds. The van der Waals surface area contributed by atoms with Gasteiger partial charge in [0.2, 0.25) is 5.95 Å². The molecule has 8 nitrogen and oxygen atoms in total. The van der Waals surface area contributed by atoms with Crippen molar-refractivity contribution in [1.29, 1.82) is 0 Å². The van der Waals surface area contributed by atoms with Gasteiger partial charge in [0.1, 0.15) is 0 Å². The van der Waals surface area contributed by atoms with Crippen molar-refractivity contribution in [3.63, 3.8) is 0 Å². The first-order valence-electron chi connectivity index (χ1n) is 11.5. The van der Waals surface area contributed by atoms with Crippen LogP contribution in [0.2, 0.25) is 0 Å². The first-order valence-corrected chi connectivity index (χ1v) is 13.3. The Hall–Kier alpha value is -3.08. The Morgan fingerprint density at radius 2 is 1.94 bits per heavy atom. The van der Waals surface area contributed by atoms with E-state index in [1.165, 1.54) is 11.9 Å². The Morgan fingerprint density at radius 3 is 2.69 bits per heavy atom. The number of thioether (sulfide) groups is 1. The number of nitrogens with one attached hydrogen (secondary N) is 3. The number of hydrogen-bond donors (Lipinski definition) is 3. The molecule has 0 bridgehead atoms. The van der Waals surface area contributed by atoms with Gasteiger partial charge in [-0.15, -0.1) is 11.3 Å². The first-order chi connectivity index (χ1) is 17.1. The molecular weight excluding hydrogens is 480 g/mol. The molecular formula is C25H28N6O2S2. The second-order valence-electron chi connectivity index (χ2n) is 8.17. The molecule has 0 atom stereocenters. The molecule has 1 aliphatic carbocycles. The Morgan fingerprint density at radius 1 is 1.11 bits per heavy atom. The molecule has 0 saturated heterocycles. The van der Waals surface area contributed by atoms with Crippen LogP contribution in [0.5, 0.6) is 0 Å². The highest BCUT2D eigenvalue weighted by Gasteiger charge is 2.21. The summed E-state index contributed by atoms with van der Waals surface area (Å²) >= 11 is 2.53. The number of rotatable bonds is 10. The first kappa shape index (κ1) is 25.0. The summed E-state index contributed by atoms with van der Waals surface area (Å²) in [5, 5.41) is 11.7. The van der Waals surface area contributed by atoms with Crippen LogP contribution in [-0.2, 0) is 16.1 Å². The van der Waals surface area contributed by atoms with E-state index in [1.54, 1.807) is 29.7 Å². The summed E-state index contributed by atoms with van der Waals surface area (Å²) in [6.45, 7) is 0.756. The highest BCUT2D eigenvalue weighted by atomic mass is 32.2. The van der Waals surface area contributed by atoms with Gasteiger partial charge in [0.15, 0.2) is 5.62 Å². The van der Waals surface area contributed by atoms with Gasteiger partial charge in [0.25, 0.3) is 5.91 Å². The average molecular weight is 509 g/mol. The SMILES string of the molecule is CNC(=O)/C(=C/c1ccnc(NC2CCC(NCc3cccc(-c4cccs4)n3)CC2)n1)SC=O. The summed E-state index contributed by atoms with van der Waals surface area (Å²) in [4.78, 5) is 37.9. The lowest BCUT2D eigenvalue weighted by Crippen LogP contribution is -2.37. The summed E-state index contributed by atoms with van der Waals surface area (Å²) < 4.78 is 0. The van der Waals surface area contributed by atoms with Crippen molar-refractivity contribution in [3.8, 4) is 10.6 Å². The standard InChI is InChI=1S/C25H28N6O2S2/c1-26-24(33)23(35-16-32)14-19-11-12-27-25(31-19)30-18-9-7-17(8-10-18)28-15-20-4-2-5-21(29-20)22-6-3-13-34-22/h2-6,11-14,16-18,28H,7-10,15H2,1H3,(H,26,33)(H,27,30,31)/b23-14-. The van der Waals surface area contributed by atoms with Crippen LogP contribution in [0.25, 0.3) is 16.6 Å². The number of nitrogens with zero attached hydrogens (tertiary/aromatic N) is 3. The van der Waals surface area contributed by atoms with Crippen molar-refractivity contribution in [1.82, 2.24) is 25.6 Å². The van der Waals surface area contributed by atoms with Crippen LogP contribution in [0.4, 0.5) is 5.95 Å². The molecule has 3 heterocycles. The van der Waals surface area contributed by atoms with E-state index in [0.717, 1.165) is 55.4 Å². The van der Waals surface area contributed by atoms with Crippen molar-refractivity contribution in [2.45, 2.75) is 44.3 Å². The largest absolute Gasteiger partial charge is 0.355 e. The monoisotopic (exact) mass is 508 g/mol. The second kappa shape index (κ2) is 12.6. The Bertz CT molecular complexity index is 1160. The third-order valence-electron chi connectivity index (χ3n) is 5.79. The minimum Gasteiger partial charge on any atom is -0.355 e. The van der Waals surface area contributed by atoms with Gasteiger partial charge in [-0.05, 0) is 73.2 Å². The molecule has 1 saturated carbocycles. The van der Waals surface area contributed by atoms with Crippen LogP contribution >= 0.6 is 23.1 Å². The number of hydrogen-bond acceptors (Lipinski definition) is 9. The van der Waals surface area contributed by atoms with Crippen LogP contribution < -0.4 is 16.0 Å². The summed E-state index contributed by atoms with van der Waals surface area (Å²) in [6.07, 6.45) is 7.37. The Kier molecular flexibility index (Phi) is 8.99.